The summed E-state index contributed by atoms with van der Waals surface area (Å²) in [6.45, 7) is 2.60. The van der Waals surface area contributed by atoms with Crippen LogP contribution in [0.25, 0.3) is 10.2 Å². The van der Waals surface area contributed by atoms with Gasteiger partial charge in [-0.2, -0.15) is 4.31 Å². The number of hydrogen-bond acceptors (Lipinski definition) is 6. The first-order valence-electron chi connectivity index (χ1n) is 9.69. The number of nitrogens with zero attached hydrogens (tertiary/aromatic N) is 2. The second-order valence-corrected chi connectivity index (χ2v) is 11.2. The molecular formula is C21H23N3O3S3. The van der Waals surface area contributed by atoms with Crippen molar-refractivity contribution in [3.05, 3.63) is 48.0 Å². The van der Waals surface area contributed by atoms with Crippen molar-refractivity contribution in [3.63, 3.8) is 0 Å². The molecule has 1 N–H and O–H groups in total. The monoisotopic (exact) mass is 461 g/mol. The van der Waals surface area contributed by atoms with Crippen molar-refractivity contribution in [2.75, 3.05) is 24.7 Å². The number of rotatable bonds is 5. The molecular weight excluding hydrogens is 438 g/mol. The lowest BCUT2D eigenvalue weighted by molar-refractivity contribution is -0.120. The molecule has 2 aromatic carbocycles. The first kappa shape index (κ1) is 21.3. The van der Waals surface area contributed by atoms with Gasteiger partial charge in [0, 0.05) is 23.9 Å². The zero-order valence-electron chi connectivity index (χ0n) is 16.8. The number of hydrogen-bond donors (Lipinski definition) is 1. The Morgan fingerprint density at radius 3 is 2.53 bits per heavy atom. The van der Waals surface area contributed by atoms with Gasteiger partial charge in [-0.05, 0) is 56.4 Å². The van der Waals surface area contributed by atoms with Crippen LogP contribution in [0.5, 0.6) is 0 Å². The van der Waals surface area contributed by atoms with Crippen molar-refractivity contribution in [2.45, 2.75) is 29.6 Å². The Morgan fingerprint density at radius 1 is 1.17 bits per heavy atom. The molecule has 0 spiro atoms. The highest BCUT2D eigenvalue weighted by atomic mass is 32.2. The third kappa shape index (κ3) is 4.39. The highest BCUT2D eigenvalue weighted by Gasteiger charge is 2.32. The Bertz CT molecular complexity index is 1170. The molecule has 158 valence electrons. The molecule has 9 heteroatoms. The lowest BCUT2D eigenvalue weighted by Gasteiger charge is -2.30. The van der Waals surface area contributed by atoms with Gasteiger partial charge in [-0.15, -0.1) is 11.8 Å². The number of carbonyl (C=O) groups excluding carboxylic acids is 1. The van der Waals surface area contributed by atoms with Gasteiger partial charge in [-0.3, -0.25) is 4.79 Å². The van der Waals surface area contributed by atoms with Crippen LogP contribution in [0.2, 0.25) is 0 Å². The minimum atomic E-state index is -3.52. The maximum atomic E-state index is 12.8. The summed E-state index contributed by atoms with van der Waals surface area (Å²) >= 11 is 3.13. The quantitative estimate of drug-likeness (QED) is 0.571. The van der Waals surface area contributed by atoms with Crippen LogP contribution in [-0.2, 0) is 14.8 Å². The molecule has 3 aromatic rings. The molecule has 1 aliphatic heterocycles. The van der Waals surface area contributed by atoms with E-state index < -0.39 is 10.0 Å². The smallest absolute Gasteiger partial charge is 0.243 e. The summed E-state index contributed by atoms with van der Waals surface area (Å²) in [5.41, 5.74) is 1.89. The molecule has 30 heavy (non-hydrogen) atoms. The molecule has 0 atom stereocenters. The first-order valence-corrected chi connectivity index (χ1v) is 13.2. The number of thioether (sulfide) groups is 1. The number of thiazole rings is 1. The molecule has 0 aliphatic carbocycles. The lowest BCUT2D eigenvalue weighted by Crippen LogP contribution is -2.41. The Hall–Kier alpha value is -1.94. The molecule has 0 saturated carbocycles. The normalized spacial score (nSPS) is 16.1. The maximum absolute atomic E-state index is 12.8. The van der Waals surface area contributed by atoms with E-state index in [9.17, 15) is 13.2 Å². The fourth-order valence-corrected chi connectivity index (χ4v) is 6.40. The van der Waals surface area contributed by atoms with Gasteiger partial charge < -0.3 is 5.32 Å². The van der Waals surface area contributed by atoms with Gasteiger partial charge in [-0.1, -0.05) is 29.0 Å². The number of piperidine rings is 1. The predicted molar refractivity (Wildman–Crippen MR) is 123 cm³/mol. The number of benzene rings is 2. The van der Waals surface area contributed by atoms with Gasteiger partial charge in [0.05, 0.1) is 15.1 Å². The minimum absolute atomic E-state index is 0.0912. The number of fused-ring (bicyclic) bond motifs is 1. The summed E-state index contributed by atoms with van der Waals surface area (Å²) in [7, 11) is -3.52. The summed E-state index contributed by atoms with van der Waals surface area (Å²) in [4.78, 5) is 18.7. The molecule has 2 heterocycles. The van der Waals surface area contributed by atoms with Crippen LogP contribution in [-0.4, -0.2) is 43.0 Å². The van der Waals surface area contributed by atoms with Crippen molar-refractivity contribution in [1.29, 1.82) is 0 Å². The van der Waals surface area contributed by atoms with Crippen molar-refractivity contribution >= 4 is 54.4 Å². The van der Waals surface area contributed by atoms with Crippen LogP contribution in [0.3, 0.4) is 0 Å². The van der Waals surface area contributed by atoms with E-state index in [1.54, 1.807) is 36.0 Å². The van der Waals surface area contributed by atoms with Gasteiger partial charge in [0.2, 0.25) is 15.9 Å². The molecule has 0 radical (unpaired) electrons. The van der Waals surface area contributed by atoms with E-state index in [4.69, 9.17) is 0 Å². The first-order chi connectivity index (χ1) is 14.4. The molecule has 1 amide bonds. The molecule has 1 saturated heterocycles. The molecule has 0 unspecified atom stereocenters. The predicted octanol–water partition coefficient (Wildman–Crippen LogP) is 4.37. The SMILES string of the molecule is CSc1ccc2nc(NC(=O)C3CCN(S(=O)(=O)c4ccc(C)cc4)CC3)sc2c1. The largest absolute Gasteiger partial charge is 0.302 e. The lowest BCUT2D eigenvalue weighted by atomic mass is 9.97. The van der Waals surface area contributed by atoms with E-state index in [2.05, 4.69) is 16.4 Å². The topological polar surface area (TPSA) is 79.4 Å². The van der Waals surface area contributed by atoms with Crippen LogP contribution in [0.1, 0.15) is 18.4 Å². The number of anilines is 1. The molecule has 6 nitrogen and oxygen atoms in total. The van der Waals surface area contributed by atoms with E-state index in [0.29, 0.717) is 36.0 Å². The van der Waals surface area contributed by atoms with E-state index >= 15 is 0 Å². The average Bonchev–Trinajstić information content (AvgIpc) is 3.15. The van der Waals surface area contributed by atoms with Crippen molar-refractivity contribution in [1.82, 2.24) is 9.29 Å². The number of nitrogens with one attached hydrogen (secondary N) is 1. The number of aromatic nitrogens is 1. The molecule has 0 bridgehead atoms. The highest BCUT2D eigenvalue weighted by molar-refractivity contribution is 7.98. The average molecular weight is 462 g/mol. The minimum Gasteiger partial charge on any atom is -0.302 e. The van der Waals surface area contributed by atoms with Gasteiger partial charge in [-0.25, -0.2) is 13.4 Å². The molecule has 1 aliphatic rings. The number of aryl methyl sites for hydroxylation is 1. The number of carbonyl (C=O) groups is 1. The second kappa shape index (κ2) is 8.66. The standard InChI is InChI=1S/C21H23N3O3S3/c1-14-3-6-17(7-4-14)30(26,27)24-11-9-15(10-12-24)20(25)23-21-22-18-8-5-16(28-2)13-19(18)29-21/h3-8,13,15H,9-12H2,1-2H3,(H,22,23,25). The van der Waals surface area contributed by atoms with E-state index in [0.717, 1.165) is 20.7 Å². The van der Waals surface area contributed by atoms with Crippen molar-refractivity contribution < 1.29 is 13.2 Å². The van der Waals surface area contributed by atoms with Crippen molar-refractivity contribution in [2.24, 2.45) is 5.92 Å². The van der Waals surface area contributed by atoms with Gasteiger partial charge in [0.1, 0.15) is 0 Å². The Balaban J connectivity index is 1.39. The zero-order chi connectivity index (χ0) is 21.3. The Kier molecular flexibility index (Phi) is 6.15. The zero-order valence-corrected chi connectivity index (χ0v) is 19.2. The maximum Gasteiger partial charge on any atom is 0.243 e. The Labute approximate surface area is 184 Å². The van der Waals surface area contributed by atoms with Gasteiger partial charge >= 0.3 is 0 Å². The summed E-state index contributed by atoms with van der Waals surface area (Å²) in [5.74, 6) is -0.310. The highest BCUT2D eigenvalue weighted by Crippen LogP contribution is 2.31. The molecule has 1 fully saturated rings. The third-order valence-corrected chi connectivity index (χ3v) is 8.88. The van der Waals surface area contributed by atoms with Crippen LogP contribution < -0.4 is 5.32 Å². The number of amides is 1. The van der Waals surface area contributed by atoms with E-state index in [1.807, 2.05) is 25.3 Å². The number of sulfonamides is 1. The fourth-order valence-electron chi connectivity index (χ4n) is 3.51. The van der Waals surface area contributed by atoms with Crippen molar-refractivity contribution in [3.8, 4) is 0 Å². The van der Waals surface area contributed by atoms with E-state index in [-0.39, 0.29) is 11.8 Å². The third-order valence-electron chi connectivity index (χ3n) is 5.31. The summed E-state index contributed by atoms with van der Waals surface area (Å²) in [6.07, 6.45) is 3.02. The van der Waals surface area contributed by atoms with Crippen LogP contribution in [0.15, 0.2) is 52.3 Å². The van der Waals surface area contributed by atoms with Crippen LogP contribution in [0.4, 0.5) is 5.13 Å². The van der Waals surface area contributed by atoms with Crippen LogP contribution in [0, 0.1) is 12.8 Å². The molecule has 4 rings (SSSR count). The fraction of sp³-hybridized carbons (Fsp3) is 0.333. The second-order valence-electron chi connectivity index (χ2n) is 7.33. The van der Waals surface area contributed by atoms with Crippen LogP contribution >= 0.6 is 23.1 Å². The molecule has 1 aromatic heterocycles. The summed E-state index contributed by atoms with van der Waals surface area (Å²) < 4.78 is 28.2. The Morgan fingerprint density at radius 2 is 1.87 bits per heavy atom. The summed E-state index contributed by atoms with van der Waals surface area (Å²) in [5, 5.41) is 3.51. The van der Waals surface area contributed by atoms with Gasteiger partial charge in [0.15, 0.2) is 5.13 Å². The summed E-state index contributed by atoms with van der Waals surface area (Å²) in [6, 6.07) is 12.9. The van der Waals surface area contributed by atoms with E-state index in [1.165, 1.54) is 15.6 Å². The van der Waals surface area contributed by atoms with Gasteiger partial charge in [0.25, 0.3) is 0 Å².